The number of sulfonamides is 1. The van der Waals surface area contributed by atoms with Gasteiger partial charge in [-0.05, 0) is 52.4 Å². The number of piperazine rings is 1. The Morgan fingerprint density at radius 2 is 1.71 bits per heavy atom. The minimum absolute atomic E-state index is 0.279. The third-order valence-corrected chi connectivity index (χ3v) is 6.92. The molecule has 1 aromatic heterocycles. The zero-order chi connectivity index (χ0) is 20.5. The van der Waals surface area contributed by atoms with E-state index in [1.54, 1.807) is 12.1 Å². The third-order valence-electron chi connectivity index (χ3n) is 5.21. The first-order valence-corrected chi connectivity index (χ1v) is 11.1. The summed E-state index contributed by atoms with van der Waals surface area (Å²) in [5.74, 6) is 0. The Balaban J connectivity index is 1.71. The van der Waals surface area contributed by atoms with Gasteiger partial charge in [0.1, 0.15) is 0 Å². The molecule has 0 unspecified atom stereocenters. The monoisotopic (exact) mass is 405 g/mol. The molecule has 8 heteroatoms. The summed E-state index contributed by atoms with van der Waals surface area (Å²) in [6, 6.07) is 7.00. The number of hydrogen-bond acceptors (Lipinski definition) is 5. The first-order valence-electron chi connectivity index (χ1n) is 9.64. The Bertz CT molecular complexity index is 891. The summed E-state index contributed by atoms with van der Waals surface area (Å²) in [7, 11) is -1.48. The lowest BCUT2D eigenvalue weighted by Crippen LogP contribution is -2.55. The van der Waals surface area contributed by atoms with Gasteiger partial charge >= 0.3 is 0 Å². The van der Waals surface area contributed by atoms with Crippen molar-refractivity contribution in [2.45, 2.75) is 38.1 Å². The van der Waals surface area contributed by atoms with Crippen LogP contribution in [0.25, 0.3) is 11.1 Å². The van der Waals surface area contributed by atoms with Gasteiger partial charge < -0.3 is 4.90 Å². The molecule has 0 atom stereocenters. The number of aromatic amines is 1. The van der Waals surface area contributed by atoms with E-state index < -0.39 is 15.6 Å². The van der Waals surface area contributed by atoms with Crippen LogP contribution < -0.4 is 4.72 Å². The lowest BCUT2D eigenvalue weighted by molar-refractivity contribution is 0.130. The normalized spacial score (nSPS) is 17.2. The van der Waals surface area contributed by atoms with Crippen LogP contribution in [0.15, 0.2) is 29.2 Å². The van der Waals surface area contributed by atoms with Crippen LogP contribution in [0.1, 0.15) is 25.2 Å². The van der Waals surface area contributed by atoms with Gasteiger partial charge in [0, 0.05) is 49.5 Å². The average Bonchev–Trinajstić information content (AvgIpc) is 2.94. The van der Waals surface area contributed by atoms with E-state index in [4.69, 9.17) is 0 Å². The topological polar surface area (TPSA) is 81.3 Å². The van der Waals surface area contributed by atoms with Crippen molar-refractivity contribution in [1.82, 2.24) is 24.7 Å². The summed E-state index contributed by atoms with van der Waals surface area (Å²) in [6.45, 7) is 12.4. The molecule has 3 rings (SSSR count). The van der Waals surface area contributed by atoms with E-state index in [0.29, 0.717) is 6.54 Å². The molecule has 0 saturated carbocycles. The van der Waals surface area contributed by atoms with Crippen molar-refractivity contribution in [1.29, 1.82) is 0 Å². The van der Waals surface area contributed by atoms with Crippen molar-refractivity contribution in [2.75, 3.05) is 39.8 Å². The van der Waals surface area contributed by atoms with Crippen LogP contribution in [0, 0.1) is 13.8 Å². The molecule has 0 spiro atoms. The average molecular weight is 406 g/mol. The van der Waals surface area contributed by atoms with Crippen molar-refractivity contribution in [3.8, 4) is 11.1 Å². The predicted octanol–water partition coefficient (Wildman–Crippen LogP) is 2.00. The molecule has 1 aromatic carbocycles. The van der Waals surface area contributed by atoms with Crippen LogP contribution in [0.3, 0.4) is 0 Å². The fourth-order valence-electron chi connectivity index (χ4n) is 3.80. The van der Waals surface area contributed by atoms with E-state index in [1.807, 2.05) is 39.8 Å². The first kappa shape index (κ1) is 21.0. The maximum absolute atomic E-state index is 12.9. The van der Waals surface area contributed by atoms with Crippen molar-refractivity contribution in [3.05, 3.63) is 35.7 Å². The van der Waals surface area contributed by atoms with Gasteiger partial charge in [0.15, 0.2) is 0 Å². The minimum atomic E-state index is -3.60. The number of likely N-dealkylation sites (N-methyl/N-ethyl adjacent to an activating group) is 1. The van der Waals surface area contributed by atoms with Crippen molar-refractivity contribution in [2.24, 2.45) is 0 Å². The Hall–Kier alpha value is -1.74. The van der Waals surface area contributed by atoms with Crippen molar-refractivity contribution < 1.29 is 8.42 Å². The molecule has 1 aliphatic heterocycles. The maximum atomic E-state index is 12.9. The van der Waals surface area contributed by atoms with Crippen LogP contribution in [0.2, 0.25) is 0 Å². The number of H-pyrrole nitrogens is 1. The van der Waals surface area contributed by atoms with Gasteiger partial charge in [0.25, 0.3) is 0 Å². The smallest absolute Gasteiger partial charge is 0.241 e. The summed E-state index contributed by atoms with van der Waals surface area (Å²) < 4.78 is 28.7. The van der Waals surface area contributed by atoms with E-state index in [-0.39, 0.29) is 4.90 Å². The van der Waals surface area contributed by atoms with Crippen LogP contribution in [-0.4, -0.2) is 73.7 Å². The minimum Gasteiger partial charge on any atom is -0.304 e. The van der Waals surface area contributed by atoms with E-state index >= 15 is 0 Å². The van der Waals surface area contributed by atoms with Gasteiger partial charge in [0.2, 0.25) is 10.0 Å². The highest BCUT2D eigenvalue weighted by molar-refractivity contribution is 7.89. The molecule has 2 heterocycles. The summed E-state index contributed by atoms with van der Waals surface area (Å²) in [4.78, 5) is 4.89. The molecule has 154 valence electrons. The van der Waals surface area contributed by atoms with Crippen LogP contribution >= 0.6 is 0 Å². The second-order valence-electron chi connectivity index (χ2n) is 8.40. The zero-order valence-electron chi connectivity index (χ0n) is 17.4. The number of hydrogen-bond donors (Lipinski definition) is 2. The molecule has 2 N–H and O–H groups in total. The van der Waals surface area contributed by atoms with E-state index in [2.05, 4.69) is 31.8 Å². The Morgan fingerprint density at radius 1 is 1.11 bits per heavy atom. The standard InChI is InChI=1S/C20H31N5O2S/c1-15-19(16(2)22-21-15)17-6-8-18(9-7-17)28(26,27)23-20(3,4)14-25-12-10-24(5)11-13-25/h6-9,23H,10-14H2,1-5H3,(H,21,22). The number of benzene rings is 1. The fourth-order valence-corrected chi connectivity index (χ4v) is 5.20. The lowest BCUT2D eigenvalue weighted by Gasteiger charge is -2.37. The zero-order valence-corrected chi connectivity index (χ0v) is 18.2. The highest BCUT2D eigenvalue weighted by Crippen LogP contribution is 2.26. The molecule has 0 amide bonds. The van der Waals surface area contributed by atoms with Crippen LogP contribution in [0.4, 0.5) is 0 Å². The SMILES string of the molecule is Cc1n[nH]c(C)c1-c1ccc(S(=O)(=O)NC(C)(C)CN2CCN(C)CC2)cc1. The second-order valence-corrected chi connectivity index (χ2v) is 10.1. The van der Waals surface area contributed by atoms with E-state index in [0.717, 1.165) is 48.7 Å². The van der Waals surface area contributed by atoms with Gasteiger partial charge in [-0.2, -0.15) is 5.10 Å². The molecule has 1 saturated heterocycles. The van der Waals surface area contributed by atoms with Crippen LogP contribution in [0.5, 0.6) is 0 Å². The number of aryl methyl sites for hydroxylation is 2. The molecule has 2 aromatic rings. The van der Waals surface area contributed by atoms with Gasteiger partial charge in [-0.15, -0.1) is 0 Å². The van der Waals surface area contributed by atoms with E-state index in [1.165, 1.54) is 0 Å². The Morgan fingerprint density at radius 3 is 2.25 bits per heavy atom. The highest BCUT2D eigenvalue weighted by atomic mass is 32.2. The fraction of sp³-hybridized carbons (Fsp3) is 0.550. The molecular formula is C20H31N5O2S. The van der Waals surface area contributed by atoms with Gasteiger partial charge in [0.05, 0.1) is 10.6 Å². The Labute approximate surface area is 168 Å². The summed E-state index contributed by atoms with van der Waals surface area (Å²) in [5.41, 5.74) is 3.30. The maximum Gasteiger partial charge on any atom is 0.241 e. The molecule has 28 heavy (non-hydrogen) atoms. The summed E-state index contributed by atoms with van der Waals surface area (Å²) in [6.07, 6.45) is 0. The second kappa shape index (κ2) is 7.94. The first-order chi connectivity index (χ1) is 13.1. The van der Waals surface area contributed by atoms with E-state index in [9.17, 15) is 8.42 Å². The van der Waals surface area contributed by atoms with Gasteiger partial charge in [-0.25, -0.2) is 13.1 Å². The molecule has 7 nitrogen and oxygen atoms in total. The molecule has 0 radical (unpaired) electrons. The summed E-state index contributed by atoms with van der Waals surface area (Å²) >= 11 is 0. The molecule has 1 fully saturated rings. The molecule has 0 aliphatic carbocycles. The lowest BCUT2D eigenvalue weighted by atomic mass is 10.0. The Kier molecular flexibility index (Phi) is 5.95. The van der Waals surface area contributed by atoms with Crippen molar-refractivity contribution >= 4 is 10.0 Å². The van der Waals surface area contributed by atoms with Crippen molar-refractivity contribution in [3.63, 3.8) is 0 Å². The molecular weight excluding hydrogens is 374 g/mol. The summed E-state index contributed by atoms with van der Waals surface area (Å²) in [5, 5.41) is 7.17. The van der Waals surface area contributed by atoms with Crippen LogP contribution in [-0.2, 0) is 10.0 Å². The quantitative estimate of drug-likeness (QED) is 0.768. The number of aromatic nitrogens is 2. The number of rotatable bonds is 6. The predicted molar refractivity (Wildman–Crippen MR) is 112 cm³/mol. The molecule has 1 aliphatic rings. The van der Waals surface area contributed by atoms with Gasteiger partial charge in [-0.1, -0.05) is 12.1 Å². The third kappa shape index (κ3) is 4.81. The van der Waals surface area contributed by atoms with Gasteiger partial charge in [-0.3, -0.25) is 10.00 Å². The largest absolute Gasteiger partial charge is 0.304 e. The number of nitrogens with zero attached hydrogens (tertiary/aromatic N) is 3. The number of nitrogens with one attached hydrogen (secondary N) is 2. The highest BCUT2D eigenvalue weighted by Gasteiger charge is 2.29. The molecule has 0 bridgehead atoms.